The molecule has 0 aliphatic heterocycles. The highest BCUT2D eigenvalue weighted by Crippen LogP contribution is 2.33. The van der Waals surface area contributed by atoms with E-state index in [-0.39, 0.29) is 0 Å². The van der Waals surface area contributed by atoms with Crippen molar-refractivity contribution in [2.24, 2.45) is 5.84 Å². The van der Waals surface area contributed by atoms with Crippen LogP contribution in [0.3, 0.4) is 0 Å². The summed E-state index contributed by atoms with van der Waals surface area (Å²) in [5.41, 5.74) is 4.90. The van der Waals surface area contributed by atoms with Gasteiger partial charge in [0.1, 0.15) is 5.01 Å². The van der Waals surface area contributed by atoms with Crippen molar-refractivity contribution in [3.8, 4) is 10.6 Å². The second-order valence-electron chi connectivity index (χ2n) is 5.60. The Labute approximate surface area is 149 Å². The summed E-state index contributed by atoms with van der Waals surface area (Å²) in [7, 11) is 1.90. The van der Waals surface area contributed by atoms with Gasteiger partial charge in [0.25, 0.3) is 0 Å². The third kappa shape index (κ3) is 4.20. The number of rotatable bonds is 5. The van der Waals surface area contributed by atoms with Gasteiger partial charge in [-0.05, 0) is 23.6 Å². The van der Waals surface area contributed by atoms with Crippen LogP contribution in [0.2, 0.25) is 0 Å². The fourth-order valence-electron chi connectivity index (χ4n) is 2.72. The second-order valence-corrected chi connectivity index (χ2v) is 6.63. The van der Waals surface area contributed by atoms with Gasteiger partial charge < -0.3 is 0 Å². The third-order valence-electron chi connectivity index (χ3n) is 3.71. The van der Waals surface area contributed by atoms with E-state index in [2.05, 4.69) is 43.3 Å². The number of hydrogen-bond acceptors (Lipinski definition) is 4. The number of thiazole rings is 1. The smallest absolute Gasteiger partial charge is 0.124 e. The van der Waals surface area contributed by atoms with Crippen molar-refractivity contribution >= 4 is 21.6 Å². The average molecular weight is 342 g/mol. The van der Waals surface area contributed by atoms with Crippen molar-refractivity contribution in [2.45, 2.75) is 40.2 Å². The van der Waals surface area contributed by atoms with Crippen LogP contribution < -0.4 is 5.84 Å². The van der Waals surface area contributed by atoms with E-state index >= 15 is 0 Å². The lowest BCUT2D eigenvalue weighted by atomic mass is 10.0. The fourth-order valence-corrected chi connectivity index (χ4v) is 3.72. The molecule has 0 spiro atoms. The Morgan fingerprint density at radius 3 is 2.42 bits per heavy atom. The summed E-state index contributed by atoms with van der Waals surface area (Å²) in [6, 6.07) is 14.8. The maximum Gasteiger partial charge on any atom is 0.124 e. The lowest BCUT2D eigenvalue weighted by Gasteiger charge is -2.14. The van der Waals surface area contributed by atoms with E-state index in [0.29, 0.717) is 0 Å². The van der Waals surface area contributed by atoms with Crippen LogP contribution in [-0.2, 0) is 13.0 Å². The molecule has 24 heavy (non-hydrogen) atoms. The lowest BCUT2D eigenvalue weighted by molar-refractivity contribution is 0.341. The Bertz CT molecular complexity index is 763. The maximum atomic E-state index is 5.91. The van der Waals surface area contributed by atoms with E-state index in [1.165, 1.54) is 21.4 Å². The summed E-state index contributed by atoms with van der Waals surface area (Å²) in [6.07, 6.45) is 2.19. The van der Waals surface area contributed by atoms with Crippen LogP contribution in [-0.4, -0.2) is 17.0 Å². The molecule has 2 aromatic carbocycles. The molecular formula is C20H27N3S. The highest BCUT2D eigenvalue weighted by atomic mass is 32.1. The van der Waals surface area contributed by atoms with Crippen molar-refractivity contribution in [1.29, 1.82) is 0 Å². The quantitative estimate of drug-likeness (QED) is 0.509. The van der Waals surface area contributed by atoms with Gasteiger partial charge >= 0.3 is 0 Å². The summed E-state index contributed by atoms with van der Waals surface area (Å²) in [5, 5.41) is 2.81. The SMILES string of the molecule is CC.CCCc1ccc2sc(-c3ccccc3)nc2c1CN(C)N. The summed E-state index contributed by atoms with van der Waals surface area (Å²) < 4.78 is 1.23. The number of aryl methyl sites for hydroxylation is 1. The molecule has 0 amide bonds. The molecule has 0 radical (unpaired) electrons. The molecule has 0 saturated heterocycles. The van der Waals surface area contributed by atoms with E-state index in [1.807, 2.05) is 27.0 Å². The van der Waals surface area contributed by atoms with Crippen LogP contribution in [0.15, 0.2) is 42.5 Å². The van der Waals surface area contributed by atoms with E-state index in [1.54, 1.807) is 16.3 Å². The third-order valence-corrected chi connectivity index (χ3v) is 4.78. The molecule has 0 aliphatic carbocycles. The minimum absolute atomic E-state index is 0.727. The first-order chi connectivity index (χ1) is 11.7. The Morgan fingerprint density at radius 1 is 1.08 bits per heavy atom. The normalized spacial score (nSPS) is 10.8. The molecule has 0 saturated carbocycles. The Kier molecular flexibility index (Phi) is 6.91. The van der Waals surface area contributed by atoms with Crippen molar-refractivity contribution in [3.63, 3.8) is 0 Å². The molecule has 3 rings (SSSR count). The second kappa shape index (κ2) is 8.92. The number of hydrazine groups is 1. The predicted molar refractivity (Wildman–Crippen MR) is 106 cm³/mol. The van der Waals surface area contributed by atoms with Gasteiger partial charge in [-0.25, -0.2) is 9.99 Å². The predicted octanol–water partition coefficient (Wildman–Crippen LogP) is 5.25. The molecule has 2 N–H and O–H groups in total. The monoisotopic (exact) mass is 341 g/mol. The summed E-state index contributed by atoms with van der Waals surface area (Å²) >= 11 is 1.75. The van der Waals surface area contributed by atoms with E-state index in [9.17, 15) is 0 Å². The standard InChI is InChI=1S/C18H21N3S.C2H6/c1-3-7-13-10-11-16-17(15(13)12-21(2)19)20-18(22-16)14-8-5-4-6-9-14;1-2/h4-6,8-11H,3,7,12,19H2,1-2H3;1-2H3. The van der Waals surface area contributed by atoms with Gasteiger partial charge in [-0.1, -0.05) is 63.6 Å². The van der Waals surface area contributed by atoms with Gasteiger partial charge in [-0.2, -0.15) is 0 Å². The molecular weight excluding hydrogens is 314 g/mol. The summed E-state index contributed by atoms with van der Waals surface area (Å²) in [4.78, 5) is 4.92. The molecule has 4 heteroatoms. The fraction of sp³-hybridized carbons (Fsp3) is 0.350. The van der Waals surface area contributed by atoms with Crippen molar-refractivity contribution in [1.82, 2.24) is 9.99 Å². The highest BCUT2D eigenvalue weighted by molar-refractivity contribution is 7.21. The molecule has 0 unspecified atom stereocenters. The van der Waals surface area contributed by atoms with Crippen LogP contribution in [0.4, 0.5) is 0 Å². The van der Waals surface area contributed by atoms with Gasteiger partial charge in [-0.15, -0.1) is 11.3 Å². The Morgan fingerprint density at radius 2 is 1.79 bits per heavy atom. The topological polar surface area (TPSA) is 42.2 Å². The van der Waals surface area contributed by atoms with E-state index in [4.69, 9.17) is 10.8 Å². The van der Waals surface area contributed by atoms with E-state index < -0.39 is 0 Å². The van der Waals surface area contributed by atoms with E-state index in [0.717, 1.165) is 29.9 Å². The van der Waals surface area contributed by atoms with Crippen LogP contribution >= 0.6 is 11.3 Å². The van der Waals surface area contributed by atoms with Crippen LogP contribution in [0, 0.1) is 0 Å². The molecule has 3 nitrogen and oxygen atoms in total. The van der Waals surface area contributed by atoms with Gasteiger partial charge in [0.15, 0.2) is 0 Å². The molecule has 3 aromatic rings. The van der Waals surface area contributed by atoms with Crippen LogP contribution in [0.1, 0.15) is 38.3 Å². The van der Waals surface area contributed by atoms with Crippen molar-refractivity contribution < 1.29 is 0 Å². The average Bonchev–Trinajstić information content (AvgIpc) is 3.04. The molecule has 128 valence electrons. The van der Waals surface area contributed by atoms with Crippen LogP contribution in [0.5, 0.6) is 0 Å². The van der Waals surface area contributed by atoms with Gasteiger partial charge in [0.2, 0.25) is 0 Å². The van der Waals surface area contributed by atoms with Gasteiger partial charge in [0, 0.05) is 19.2 Å². The zero-order valence-corrected chi connectivity index (χ0v) is 15.9. The van der Waals surface area contributed by atoms with Crippen molar-refractivity contribution in [3.05, 3.63) is 53.6 Å². The molecule has 0 aliphatic rings. The summed E-state index contributed by atoms with van der Waals surface area (Å²) in [6.45, 7) is 6.93. The number of benzene rings is 2. The molecule has 0 atom stereocenters. The minimum atomic E-state index is 0.727. The highest BCUT2D eigenvalue weighted by Gasteiger charge is 2.14. The Hall–Kier alpha value is -1.75. The number of nitrogens with two attached hydrogens (primary N) is 1. The first-order valence-corrected chi connectivity index (χ1v) is 9.43. The number of hydrogen-bond donors (Lipinski definition) is 1. The number of fused-ring (bicyclic) bond motifs is 1. The maximum absolute atomic E-state index is 5.91. The zero-order valence-electron chi connectivity index (χ0n) is 15.0. The minimum Gasteiger partial charge on any atom is -0.269 e. The van der Waals surface area contributed by atoms with Gasteiger partial charge in [-0.3, -0.25) is 5.84 Å². The lowest BCUT2D eigenvalue weighted by Crippen LogP contribution is -2.25. The molecule has 0 fully saturated rings. The van der Waals surface area contributed by atoms with Gasteiger partial charge in [0.05, 0.1) is 10.2 Å². The first-order valence-electron chi connectivity index (χ1n) is 8.61. The summed E-state index contributed by atoms with van der Waals surface area (Å²) in [5.74, 6) is 5.91. The molecule has 1 aromatic heterocycles. The molecule has 0 bridgehead atoms. The largest absolute Gasteiger partial charge is 0.269 e. The van der Waals surface area contributed by atoms with Crippen molar-refractivity contribution in [2.75, 3.05) is 7.05 Å². The number of aromatic nitrogens is 1. The zero-order chi connectivity index (χ0) is 17.5. The number of nitrogens with zero attached hydrogens (tertiary/aromatic N) is 2. The van der Waals surface area contributed by atoms with Crippen LogP contribution in [0.25, 0.3) is 20.8 Å². The molecule has 1 heterocycles. The first kappa shape index (κ1) is 18.6. The Balaban J connectivity index is 0.00000100.